The van der Waals surface area contributed by atoms with Gasteiger partial charge in [-0.1, -0.05) is 12.8 Å². The fourth-order valence-corrected chi connectivity index (χ4v) is 3.41. The molecule has 5 nitrogen and oxygen atoms in total. The van der Waals surface area contributed by atoms with E-state index in [0.29, 0.717) is 6.54 Å². The number of ether oxygens (including phenoxy) is 1. The summed E-state index contributed by atoms with van der Waals surface area (Å²) in [5.74, 6) is 0.00521. The second-order valence-corrected chi connectivity index (χ2v) is 5.95. The lowest BCUT2D eigenvalue weighted by atomic mass is 10.0. The Kier molecular flexibility index (Phi) is 6.81. The summed E-state index contributed by atoms with van der Waals surface area (Å²) in [5, 5.41) is 0. The molecule has 0 unspecified atom stereocenters. The molecule has 3 N–H and O–H groups in total. The minimum Gasteiger partial charge on any atom is -0.384 e. The standard InChI is InChI=1S/C9H20N2O3S.ClH/c1-14-6-7-15(12,13)11-9(8-10)4-2-3-5-9;/h11H,2-8,10H2,1H3;1H. The lowest BCUT2D eigenvalue weighted by Crippen LogP contribution is -2.52. The average Bonchev–Trinajstić information content (AvgIpc) is 2.63. The molecule has 0 amide bonds. The molecule has 98 valence electrons. The van der Waals surface area contributed by atoms with Gasteiger partial charge in [0.1, 0.15) is 0 Å². The van der Waals surface area contributed by atoms with Crippen molar-refractivity contribution in [2.45, 2.75) is 31.2 Å². The van der Waals surface area contributed by atoms with Crippen LogP contribution in [0, 0.1) is 0 Å². The molecule has 0 atom stereocenters. The van der Waals surface area contributed by atoms with Crippen LogP contribution < -0.4 is 10.5 Å². The van der Waals surface area contributed by atoms with Gasteiger partial charge in [0.25, 0.3) is 0 Å². The van der Waals surface area contributed by atoms with Crippen molar-refractivity contribution in [1.29, 1.82) is 0 Å². The summed E-state index contributed by atoms with van der Waals surface area (Å²) in [6.07, 6.45) is 3.78. The average molecular weight is 273 g/mol. The molecule has 0 aliphatic heterocycles. The second-order valence-electron chi connectivity index (χ2n) is 4.11. The van der Waals surface area contributed by atoms with Crippen LogP contribution in [-0.2, 0) is 14.8 Å². The predicted molar refractivity (Wildman–Crippen MR) is 66.3 cm³/mol. The van der Waals surface area contributed by atoms with Crippen molar-refractivity contribution >= 4 is 22.4 Å². The lowest BCUT2D eigenvalue weighted by molar-refractivity contribution is 0.216. The van der Waals surface area contributed by atoms with Gasteiger partial charge in [-0.2, -0.15) is 0 Å². The molecular weight excluding hydrogens is 252 g/mol. The Labute approximate surface area is 104 Å². The predicted octanol–water partition coefficient (Wildman–Crippen LogP) is 0.245. The van der Waals surface area contributed by atoms with E-state index in [1.807, 2.05) is 0 Å². The first-order chi connectivity index (χ1) is 7.04. The van der Waals surface area contributed by atoms with Crippen LogP contribution in [0.3, 0.4) is 0 Å². The van der Waals surface area contributed by atoms with E-state index < -0.39 is 15.6 Å². The quantitative estimate of drug-likeness (QED) is 0.726. The SMILES string of the molecule is COCCS(=O)(=O)NC1(CN)CCCC1.Cl. The van der Waals surface area contributed by atoms with E-state index in [4.69, 9.17) is 10.5 Å². The maximum atomic E-state index is 11.7. The molecule has 0 aromatic heterocycles. The number of nitrogens with two attached hydrogens (primary N) is 1. The maximum Gasteiger partial charge on any atom is 0.214 e. The Morgan fingerprint density at radius 2 is 1.94 bits per heavy atom. The second kappa shape index (κ2) is 6.76. The van der Waals surface area contributed by atoms with Crippen molar-refractivity contribution < 1.29 is 13.2 Å². The third kappa shape index (κ3) is 4.55. The highest BCUT2D eigenvalue weighted by Crippen LogP contribution is 2.29. The molecule has 0 bridgehead atoms. The van der Waals surface area contributed by atoms with E-state index in [1.165, 1.54) is 7.11 Å². The zero-order valence-corrected chi connectivity index (χ0v) is 11.2. The van der Waals surface area contributed by atoms with Crippen LogP contribution in [0.15, 0.2) is 0 Å². The third-order valence-electron chi connectivity index (χ3n) is 2.88. The van der Waals surface area contributed by atoms with Gasteiger partial charge >= 0.3 is 0 Å². The van der Waals surface area contributed by atoms with Gasteiger partial charge in [-0.25, -0.2) is 13.1 Å². The number of sulfonamides is 1. The Morgan fingerprint density at radius 1 is 1.38 bits per heavy atom. The summed E-state index contributed by atoms with van der Waals surface area (Å²) in [4.78, 5) is 0. The van der Waals surface area contributed by atoms with Crippen molar-refractivity contribution in [3.8, 4) is 0 Å². The first kappa shape index (κ1) is 16.1. The zero-order valence-electron chi connectivity index (χ0n) is 9.57. The monoisotopic (exact) mass is 272 g/mol. The molecule has 1 rings (SSSR count). The molecule has 0 radical (unpaired) electrons. The van der Waals surface area contributed by atoms with Crippen molar-refractivity contribution in [2.24, 2.45) is 5.73 Å². The number of hydrogen-bond acceptors (Lipinski definition) is 4. The lowest BCUT2D eigenvalue weighted by Gasteiger charge is -2.28. The van der Waals surface area contributed by atoms with Crippen LogP contribution in [0.2, 0.25) is 0 Å². The highest BCUT2D eigenvalue weighted by molar-refractivity contribution is 7.89. The van der Waals surface area contributed by atoms with Crippen LogP contribution in [0.1, 0.15) is 25.7 Å². The normalized spacial score (nSPS) is 19.4. The van der Waals surface area contributed by atoms with Crippen LogP contribution in [0.4, 0.5) is 0 Å². The van der Waals surface area contributed by atoms with Gasteiger partial charge in [-0.05, 0) is 12.8 Å². The highest BCUT2D eigenvalue weighted by atomic mass is 35.5. The van der Waals surface area contributed by atoms with E-state index in [1.54, 1.807) is 0 Å². The molecule has 1 aliphatic rings. The number of methoxy groups -OCH3 is 1. The van der Waals surface area contributed by atoms with Gasteiger partial charge in [-0.3, -0.25) is 0 Å². The maximum absolute atomic E-state index is 11.7. The molecule has 1 fully saturated rings. The molecule has 0 spiro atoms. The number of rotatable bonds is 6. The van der Waals surface area contributed by atoms with E-state index in [0.717, 1.165) is 25.7 Å². The zero-order chi connectivity index (χ0) is 11.4. The van der Waals surface area contributed by atoms with Crippen LogP contribution in [0.5, 0.6) is 0 Å². The van der Waals surface area contributed by atoms with E-state index in [2.05, 4.69) is 4.72 Å². The molecule has 0 aromatic carbocycles. The molecule has 0 saturated heterocycles. The van der Waals surface area contributed by atoms with E-state index in [-0.39, 0.29) is 24.8 Å². The highest BCUT2D eigenvalue weighted by Gasteiger charge is 2.35. The minimum absolute atomic E-state index is 0. The van der Waals surface area contributed by atoms with E-state index in [9.17, 15) is 8.42 Å². The van der Waals surface area contributed by atoms with Gasteiger partial charge in [0.2, 0.25) is 10.0 Å². The van der Waals surface area contributed by atoms with Crippen molar-refractivity contribution in [3.63, 3.8) is 0 Å². The van der Waals surface area contributed by atoms with Gasteiger partial charge < -0.3 is 10.5 Å². The van der Waals surface area contributed by atoms with Gasteiger partial charge in [0.05, 0.1) is 12.4 Å². The fraction of sp³-hybridized carbons (Fsp3) is 1.00. The van der Waals surface area contributed by atoms with Crippen molar-refractivity contribution in [1.82, 2.24) is 4.72 Å². The Balaban J connectivity index is 0.00000225. The third-order valence-corrected chi connectivity index (χ3v) is 4.33. The molecule has 1 aliphatic carbocycles. The molecule has 16 heavy (non-hydrogen) atoms. The van der Waals surface area contributed by atoms with Crippen molar-refractivity contribution in [2.75, 3.05) is 26.0 Å². The van der Waals surface area contributed by atoms with E-state index >= 15 is 0 Å². The number of halogens is 1. The molecule has 1 saturated carbocycles. The molecule has 0 aromatic rings. The smallest absolute Gasteiger partial charge is 0.214 e. The summed E-state index contributed by atoms with van der Waals surface area (Å²) in [6.45, 7) is 0.592. The fourth-order valence-electron chi connectivity index (χ4n) is 1.97. The van der Waals surface area contributed by atoms with Gasteiger partial charge in [-0.15, -0.1) is 12.4 Å². The largest absolute Gasteiger partial charge is 0.384 e. The minimum atomic E-state index is -3.25. The Bertz CT molecular complexity index is 289. The van der Waals surface area contributed by atoms with Crippen LogP contribution in [-0.4, -0.2) is 40.0 Å². The topological polar surface area (TPSA) is 81.4 Å². The summed E-state index contributed by atoms with van der Waals surface area (Å²) < 4.78 is 30.8. The van der Waals surface area contributed by atoms with Gasteiger partial charge in [0.15, 0.2) is 0 Å². The van der Waals surface area contributed by atoms with Crippen molar-refractivity contribution in [3.05, 3.63) is 0 Å². The van der Waals surface area contributed by atoms with Crippen LogP contribution >= 0.6 is 12.4 Å². The Hall–Kier alpha value is 0.120. The summed E-state index contributed by atoms with van der Waals surface area (Å²) in [7, 11) is -1.76. The summed E-state index contributed by atoms with van der Waals surface area (Å²) >= 11 is 0. The molecule has 7 heteroatoms. The Morgan fingerprint density at radius 3 is 2.38 bits per heavy atom. The van der Waals surface area contributed by atoms with Crippen LogP contribution in [0.25, 0.3) is 0 Å². The first-order valence-corrected chi connectivity index (χ1v) is 6.89. The number of hydrogen-bond donors (Lipinski definition) is 2. The molecule has 0 heterocycles. The molecular formula is C9H21ClN2O3S. The number of nitrogens with one attached hydrogen (secondary N) is 1. The summed E-state index contributed by atoms with van der Waals surface area (Å²) in [6, 6.07) is 0. The van der Waals surface area contributed by atoms with Gasteiger partial charge in [0, 0.05) is 19.2 Å². The summed E-state index contributed by atoms with van der Waals surface area (Å²) in [5.41, 5.74) is 5.25. The first-order valence-electron chi connectivity index (χ1n) is 5.24.